The first kappa shape index (κ1) is 28.2. The minimum Gasteiger partial charge on any atom is -0.507 e. The van der Waals surface area contributed by atoms with Crippen LogP contribution in [0.2, 0.25) is 5.02 Å². The number of amides is 2. The second-order valence-corrected chi connectivity index (χ2v) is 11.7. The van der Waals surface area contributed by atoms with Gasteiger partial charge in [-0.15, -0.1) is 0 Å². The molecule has 1 aromatic carbocycles. The number of likely N-dealkylation sites (tertiary alicyclic amines) is 1. The highest BCUT2D eigenvalue weighted by Gasteiger charge is 2.41. The predicted octanol–water partition coefficient (Wildman–Crippen LogP) is 4.01. The van der Waals surface area contributed by atoms with Crippen LogP contribution < -0.4 is 10.1 Å². The van der Waals surface area contributed by atoms with Crippen LogP contribution in [-0.2, 0) is 4.79 Å². The van der Waals surface area contributed by atoms with Crippen LogP contribution in [0.5, 0.6) is 11.5 Å². The third-order valence-electron chi connectivity index (χ3n) is 8.37. The van der Waals surface area contributed by atoms with Gasteiger partial charge in [0, 0.05) is 25.2 Å². The van der Waals surface area contributed by atoms with Crippen molar-refractivity contribution < 1.29 is 23.8 Å². The van der Waals surface area contributed by atoms with E-state index in [1.165, 1.54) is 24.3 Å². The van der Waals surface area contributed by atoms with Crippen molar-refractivity contribution in [3.63, 3.8) is 0 Å². The summed E-state index contributed by atoms with van der Waals surface area (Å²) in [6, 6.07) is 3.54. The smallest absolute Gasteiger partial charge is 0.261 e. The van der Waals surface area contributed by atoms with E-state index in [0.29, 0.717) is 13.1 Å². The molecule has 2 amide bonds. The Bertz CT molecular complexity index is 1320. The number of pyridine rings is 1. The zero-order chi connectivity index (χ0) is 28.8. The zero-order valence-electron chi connectivity index (χ0n) is 23.0. The molecule has 0 saturated carbocycles. The number of phenols is 1. The Hall–Kier alpha value is -3.37. The van der Waals surface area contributed by atoms with Gasteiger partial charge in [-0.2, -0.15) is 0 Å². The van der Waals surface area contributed by atoms with E-state index in [1.807, 2.05) is 0 Å². The first-order chi connectivity index (χ1) is 19.0. The minimum absolute atomic E-state index is 0.0196. The van der Waals surface area contributed by atoms with Crippen molar-refractivity contribution in [1.29, 1.82) is 0 Å². The summed E-state index contributed by atoms with van der Waals surface area (Å²) in [5, 5.41) is 14.0. The maximum atomic E-state index is 15.1. The molecular formula is C29H35ClFN5O4. The van der Waals surface area contributed by atoms with Crippen LogP contribution in [0.1, 0.15) is 37.0 Å². The fraction of sp³-hybridized carbons (Fsp3) is 0.483. The first-order valence-corrected chi connectivity index (χ1v) is 13.9. The Balaban J connectivity index is 1.61. The highest BCUT2D eigenvalue weighted by Crippen LogP contribution is 2.46. The number of aromatic hydroxyl groups is 1. The van der Waals surface area contributed by atoms with Crippen molar-refractivity contribution in [3.8, 4) is 22.8 Å². The maximum Gasteiger partial charge on any atom is 0.261 e. The summed E-state index contributed by atoms with van der Waals surface area (Å²) >= 11 is 6.80. The summed E-state index contributed by atoms with van der Waals surface area (Å²) in [6.45, 7) is 10.6. The number of hydrogen-bond acceptors (Lipinski definition) is 7. The largest absolute Gasteiger partial charge is 0.507 e. The van der Waals surface area contributed by atoms with E-state index >= 15 is 4.39 Å². The van der Waals surface area contributed by atoms with Gasteiger partial charge in [0.2, 0.25) is 5.91 Å². The number of ether oxygens (including phenoxy) is 1. The molecule has 4 heterocycles. The lowest BCUT2D eigenvalue weighted by Crippen LogP contribution is -2.57. The normalized spacial score (nSPS) is 20.3. The molecule has 5 rings (SSSR count). The number of rotatable bonds is 5. The molecule has 11 heteroatoms. The van der Waals surface area contributed by atoms with Gasteiger partial charge in [-0.3, -0.25) is 9.59 Å². The summed E-state index contributed by atoms with van der Waals surface area (Å²) < 4.78 is 21.2. The molecule has 2 saturated heterocycles. The van der Waals surface area contributed by atoms with Crippen LogP contribution in [-0.4, -0.2) is 94.6 Å². The molecule has 214 valence electrons. The molecular weight excluding hydrogens is 537 g/mol. The number of fused-ring (bicyclic) bond motifs is 2. The number of nitrogens with one attached hydrogen (secondary N) is 1. The number of piperazine rings is 1. The Morgan fingerprint density at radius 2 is 1.98 bits per heavy atom. The highest BCUT2D eigenvalue weighted by molar-refractivity contribution is 6.35. The fourth-order valence-corrected chi connectivity index (χ4v) is 6.22. The molecule has 3 aliphatic rings. The Kier molecular flexibility index (Phi) is 7.67. The number of nitrogens with zero attached hydrogens (tertiary/aromatic N) is 4. The standard InChI is InChI=1S/C29H35ClFN5O4/c1-5-21(38)35-13-14-36-18(15-35)16-40-26-23(28(36)39)27(33-29(2,3)17-9-11-34(4)12-10-17)32-25(24(26)30)22-19(31)7-6-8-20(22)37/h5-8,17-18,37H,1,9-16H2,2-4H3,(H,32,33)/t18-/m1/s1. The van der Waals surface area contributed by atoms with E-state index < -0.39 is 17.4 Å². The Morgan fingerprint density at radius 3 is 2.65 bits per heavy atom. The average Bonchev–Trinajstić information content (AvgIpc) is 3.07. The summed E-state index contributed by atoms with van der Waals surface area (Å²) in [7, 11) is 2.10. The summed E-state index contributed by atoms with van der Waals surface area (Å²) in [4.78, 5) is 36.7. The number of halogens is 2. The molecule has 0 spiro atoms. The van der Waals surface area contributed by atoms with Gasteiger partial charge in [-0.1, -0.05) is 24.2 Å². The van der Waals surface area contributed by atoms with Crippen molar-refractivity contribution in [2.45, 2.75) is 38.3 Å². The monoisotopic (exact) mass is 571 g/mol. The van der Waals surface area contributed by atoms with Crippen molar-refractivity contribution in [3.05, 3.63) is 47.3 Å². The van der Waals surface area contributed by atoms with Crippen molar-refractivity contribution in [2.75, 3.05) is 51.7 Å². The number of carbonyl (C=O) groups is 2. The first-order valence-electron chi connectivity index (χ1n) is 13.5. The molecule has 0 unspecified atom stereocenters. The number of phenolic OH excluding ortho intramolecular Hbond substituents is 1. The van der Waals surface area contributed by atoms with E-state index in [0.717, 1.165) is 25.9 Å². The summed E-state index contributed by atoms with van der Waals surface area (Å²) in [5.41, 5.74) is -0.507. The number of benzene rings is 1. The topological polar surface area (TPSA) is 98.2 Å². The van der Waals surface area contributed by atoms with Crippen molar-refractivity contribution in [2.24, 2.45) is 5.92 Å². The second kappa shape index (κ2) is 10.9. The van der Waals surface area contributed by atoms with Crippen molar-refractivity contribution >= 4 is 29.2 Å². The average molecular weight is 572 g/mol. The van der Waals surface area contributed by atoms with E-state index in [9.17, 15) is 14.7 Å². The number of carbonyl (C=O) groups excluding carboxylic acids is 2. The number of anilines is 1. The van der Waals surface area contributed by atoms with Crippen LogP contribution >= 0.6 is 11.6 Å². The quantitative estimate of drug-likeness (QED) is 0.523. The predicted molar refractivity (Wildman–Crippen MR) is 151 cm³/mol. The van der Waals surface area contributed by atoms with E-state index in [-0.39, 0.29) is 70.0 Å². The Morgan fingerprint density at radius 1 is 1.25 bits per heavy atom. The molecule has 1 atom stereocenters. The van der Waals surface area contributed by atoms with Gasteiger partial charge < -0.3 is 29.9 Å². The second-order valence-electron chi connectivity index (χ2n) is 11.3. The van der Waals surface area contributed by atoms with Crippen LogP contribution in [0.15, 0.2) is 30.9 Å². The fourth-order valence-electron chi connectivity index (χ4n) is 5.93. The summed E-state index contributed by atoms with van der Waals surface area (Å²) in [6.07, 6.45) is 3.17. The van der Waals surface area contributed by atoms with Crippen LogP contribution in [0.4, 0.5) is 10.2 Å². The Labute approximate surface area is 238 Å². The molecule has 0 aliphatic carbocycles. The zero-order valence-corrected chi connectivity index (χ0v) is 23.8. The molecule has 3 aliphatic heterocycles. The third-order valence-corrected chi connectivity index (χ3v) is 8.72. The molecule has 0 radical (unpaired) electrons. The van der Waals surface area contributed by atoms with Crippen LogP contribution in [0.3, 0.4) is 0 Å². The van der Waals surface area contributed by atoms with Crippen molar-refractivity contribution in [1.82, 2.24) is 19.7 Å². The van der Waals surface area contributed by atoms with Crippen LogP contribution in [0, 0.1) is 11.7 Å². The molecule has 2 aromatic rings. The lowest BCUT2D eigenvalue weighted by molar-refractivity contribution is -0.128. The lowest BCUT2D eigenvalue weighted by Gasteiger charge is -2.41. The summed E-state index contributed by atoms with van der Waals surface area (Å²) in [5.74, 6) is -0.994. The van der Waals surface area contributed by atoms with Gasteiger partial charge in [-0.05, 0) is 71.0 Å². The van der Waals surface area contributed by atoms with Crippen LogP contribution in [0.25, 0.3) is 11.3 Å². The molecule has 9 nitrogen and oxygen atoms in total. The number of piperidine rings is 1. The molecule has 1 aromatic heterocycles. The van der Waals surface area contributed by atoms with E-state index in [4.69, 9.17) is 21.3 Å². The van der Waals surface area contributed by atoms with E-state index in [1.54, 1.807) is 9.80 Å². The van der Waals surface area contributed by atoms with Gasteiger partial charge in [0.05, 0.1) is 11.6 Å². The molecule has 2 fully saturated rings. The highest BCUT2D eigenvalue weighted by atomic mass is 35.5. The SMILES string of the molecule is C=CC(=O)N1CCN2C(=O)c3c(NC(C)(C)C4CCN(C)CC4)nc(-c4c(O)cccc4F)c(Cl)c3OC[C@H]2C1. The van der Waals surface area contributed by atoms with Gasteiger partial charge in [0.1, 0.15) is 40.3 Å². The van der Waals surface area contributed by atoms with Gasteiger partial charge in [0.25, 0.3) is 5.91 Å². The molecule has 0 bridgehead atoms. The lowest BCUT2D eigenvalue weighted by atomic mass is 9.80. The van der Waals surface area contributed by atoms with Gasteiger partial charge in [-0.25, -0.2) is 9.37 Å². The third kappa shape index (κ3) is 5.10. The number of hydrogen-bond donors (Lipinski definition) is 2. The molecule has 40 heavy (non-hydrogen) atoms. The van der Waals surface area contributed by atoms with Gasteiger partial charge in [0.15, 0.2) is 5.75 Å². The van der Waals surface area contributed by atoms with E-state index in [2.05, 4.69) is 37.7 Å². The minimum atomic E-state index is -0.703. The number of aromatic nitrogens is 1. The van der Waals surface area contributed by atoms with Gasteiger partial charge >= 0.3 is 0 Å². The maximum absolute atomic E-state index is 15.1. The molecule has 2 N–H and O–H groups in total.